The average Bonchev–Trinajstić information content (AvgIpc) is 2.67. The van der Waals surface area contributed by atoms with Gasteiger partial charge in [0.2, 0.25) is 0 Å². The van der Waals surface area contributed by atoms with Crippen LogP contribution in [-0.4, -0.2) is 0 Å². The van der Waals surface area contributed by atoms with Gasteiger partial charge in [-0.3, -0.25) is 0 Å². The normalized spacial score (nSPS) is 11.0. The Labute approximate surface area is 158 Å². The fourth-order valence-electron chi connectivity index (χ4n) is 2.71. The number of halogens is 1. The van der Waals surface area contributed by atoms with E-state index in [9.17, 15) is 0 Å². The van der Waals surface area contributed by atoms with Crippen molar-refractivity contribution in [3.05, 3.63) is 91.0 Å². The summed E-state index contributed by atoms with van der Waals surface area (Å²) in [7, 11) is -4.94. The topological polar surface area (TPSA) is 104 Å². The van der Waals surface area contributed by atoms with Crippen LogP contribution in [0.4, 0.5) is 0 Å². The minimum atomic E-state index is -4.94. The van der Waals surface area contributed by atoms with Crippen molar-refractivity contribution in [2.45, 2.75) is 0 Å². The Balaban J connectivity index is 0.000000376. The number of fused-ring (bicyclic) bond motifs is 1. The Morgan fingerprint density at radius 3 is 1.67 bits per heavy atom. The maximum Gasteiger partial charge on any atom is 0.368 e. The summed E-state index contributed by atoms with van der Waals surface area (Å²) in [6, 6.07) is 31.0. The van der Waals surface area contributed by atoms with E-state index in [2.05, 4.69) is 48.5 Å². The molecular formula is C21H15ClO5. The minimum Gasteiger partial charge on any atom is -0.222 e. The molecule has 0 saturated heterocycles. The van der Waals surface area contributed by atoms with E-state index >= 15 is 0 Å². The van der Waals surface area contributed by atoms with Gasteiger partial charge >= 0.3 is 11.3 Å². The van der Waals surface area contributed by atoms with Crippen LogP contribution in [0.2, 0.25) is 0 Å². The molecule has 3 aromatic carbocycles. The predicted molar refractivity (Wildman–Crippen MR) is 91.5 cm³/mol. The zero-order valence-electron chi connectivity index (χ0n) is 14.1. The van der Waals surface area contributed by atoms with Crippen LogP contribution in [0.3, 0.4) is 0 Å². The van der Waals surface area contributed by atoms with Gasteiger partial charge in [-0.25, -0.2) is 23.1 Å². The molecule has 0 aliphatic heterocycles. The maximum absolute atomic E-state index is 8.49. The lowest BCUT2D eigenvalue weighted by atomic mass is 9.99. The monoisotopic (exact) mass is 382 g/mol. The molecule has 6 heteroatoms. The van der Waals surface area contributed by atoms with Gasteiger partial charge in [-0.15, -0.1) is 10.2 Å². The smallest absolute Gasteiger partial charge is 0.222 e. The van der Waals surface area contributed by atoms with Gasteiger partial charge in [0, 0.05) is 6.07 Å². The third kappa shape index (κ3) is 5.34. The molecule has 27 heavy (non-hydrogen) atoms. The van der Waals surface area contributed by atoms with E-state index in [-0.39, 0.29) is 0 Å². The molecule has 1 heterocycles. The first kappa shape index (κ1) is 19.0. The summed E-state index contributed by atoms with van der Waals surface area (Å²) in [5.74, 6) is 0.908. The predicted octanol–water partition coefficient (Wildman–Crippen LogP) is 1.29. The lowest BCUT2D eigenvalue weighted by Gasteiger charge is -2.17. The van der Waals surface area contributed by atoms with Crippen molar-refractivity contribution in [3.8, 4) is 22.5 Å². The summed E-state index contributed by atoms with van der Waals surface area (Å²) in [6.07, 6.45) is 0. The molecule has 0 N–H and O–H groups in total. The van der Waals surface area contributed by atoms with Crippen molar-refractivity contribution in [2.24, 2.45) is 0 Å². The zero-order chi connectivity index (χ0) is 19.3. The highest BCUT2D eigenvalue weighted by molar-refractivity contribution is 5.89. The summed E-state index contributed by atoms with van der Waals surface area (Å²) >= 11 is 0. The lowest BCUT2D eigenvalue weighted by molar-refractivity contribution is -2.00. The van der Waals surface area contributed by atoms with Gasteiger partial charge in [0.05, 0.1) is 16.5 Å². The molecule has 0 aliphatic rings. The molecule has 0 spiro atoms. The highest BCUT2D eigenvalue weighted by Crippen LogP contribution is 2.35. The van der Waals surface area contributed by atoms with Crippen LogP contribution in [0.5, 0.6) is 0 Å². The molecule has 0 bridgehead atoms. The Morgan fingerprint density at radius 1 is 0.593 bits per heavy atom. The summed E-state index contributed by atoms with van der Waals surface area (Å²) in [5, 5.41) is 1.11. The zero-order valence-corrected chi connectivity index (χ0v) is 14.8. The molecule has 4 rings (SSSR count). The van der Waals surface area contributed by atoms with E-state index in [1.54, 1.807) is 0 Å². The number of rotatable bonds is 2. The highest BCUT2D eigenvalue weighted by Gasteiger charge is 2.22. The van der Waals surface area contributed by atoms with Gasteiger partial charge in [0.25, 0.3) is 0 Å². The van der Waals surface area contributed by atoms with Gasteiger partial charge in [-0.2, -0.15) is 0 Å². The second-order valence-electron chi connectivity index (χ2n) is 5.64. The summed E-state index contributed by atoms with van der Waals surface area (Å²) < 4.78 is 40.2. The van der Waals surface area contributed by atoms with Crippen LogP contribution in [-0.2, 0) is 0 Å². The molecule has 0 radical (unpaired) electrons. The fraction of sp³-hybridized carbons (Fsp3) is 0. The van der Waals surface area contributed by atoms with Crippen molar-refractivity contribution < 1.29 is 33.3 Å². The molecule has 0 unspecified atom stereocenters. The largest absolute Gasteiger partial charge is 0.368 e. The summed E-state index contributed by atoms with van der Waals surface area (Å²) in [4.78, 5) is 0. The van der Waals surface area contributed by atoms with Crippen molar-refractivity contribution in [1.82, 2.24) is 0 Å². The molecular weight excluding hydrogens is 368 g/mol. The van der Waals surface area contributed by atoms with Crippen molar-refractivity contribution in [2.75, 3.05) is 0 Å². The molecule has 0 saturated carbocycles. The van der Waals surface area contributed by atoms with Gasteiger partial charge in [-0.05, 0) is 29.8 Å². The van der Waals surface area contributed by atoms with Crippen LogP contribution < -0.4 is 18.6 Å². The molecule has 0 fully saturated rings. The summed E-state index contributed by atoms with van der Waals surface area (Å²) in [6.45, 7) is 0. The lowest BCUT2D eigenvalue weighted by Crippen LogP contribution is -2.68. The number of benzene rings is 3. The molecule has 0 aliphatic carbocycles. The number of para-hydroxylation sites is 1. The van der Waals surface area contributed by atoms with E-state index < -0.39 is 10.2 Å². The molecule has 0 atom stereocenters. The second-order valence-corrected chi connectivity index (χ2v) is 6.39. The molecule has 136 valence electrons. The van der Waals surface area contributed by atoms with Gasteiger partial charge in [0.1, 0.15) is 0 Å². The minimum absolute atomic E-state index is 0.904. The molecule has 0 amide bonds. The third-order valence-corrected chi connectivity index (χ3v) is 3.80. The standard InChI is InChI=1S/C21H15O.ClHO4/c1-3-9-16(10-4-1)19-15-18-13-7-8-14-20(18)22-21(19)17-11-5-2-6-12-17;2-1(3,4)5/h1-15H;(H,2,3,4,5)/q+1;/p-1. The molecule has 4 aromatic rings. The van der Waals surface area contributed by atoms with Crippen LogP contribution in [0.1, 0.15) is 0 Å². The Kier molecular flexibility index (Phi) is 5.81. The van der Waals surface area contributed by atoms with Crippen LogP contribution in [0, 0.1) is 10.2 Å². The van der Waals surface area contributed by atoms with Crippen molar-refractivity contribution >= 4 is 11.0 Å². The highest BCUT2D eigenvalue weighted by atomic mass is 35.7. The van der Waals surface area contributed by atoms with Gasteiger partial charge in [0.15, 0.2) is 0 Å². The molecule has 5 nitrogen and oxygen atoms in total. The Bertz CT molecular complexity index is 931. The first-order valence-electron chi connectivity index (χ1n) is 8.00. The quantitative estimate of drug-likeness (QED) is 0.486. The first-order valence-corrected chi connectivity index (χ1v) is 9.24. The van der Waals surface area contributed by atoms with Gasteiger partial charge < -0.3 is 0 Å². The van der Waals surface area contributed by atoms with E-state index in [4.69, 9.17) is 23.1 Å². The fourth-order valence-corrected chi connectivity index (χ4v) is 2.71. The van der Waals surface area contributed by atoms with Crippen LogP contribution >= 0.6 is 0 Å². The van der Waals surface area contributed by atoms with Crippen molar-refractivity contribution in [1.29, 1.82) is 0 Å². The average molecular weight is 383 g/mol. The van der Waals surface area contributed by atoms with E-state index in [0.717, 1.165) is 33.4 Å². The number of hydrogen-bond donors (Lipinski definition) is 0. The van der Waals surface area contributed by atoms with Crippen molar-refractivity contribution in [3.63, 3.8) is 0 Å². The van der Waals surface area contributed by atoms with E-state index in [0.29, 0.717) is 0 Å². The third-order valence-electron chi connectivity index (χ3n) is 3.80. The Morgan fingerprint density at radius 2 is 1.07 bits per heavy atom. The van der Waals surface area contributed by atoms with E-state index in [1.165, 1.54) is 0 Å². The van der Waals surface area contributed by atoms with Gasteiger partial charge in [-0.1, -0.05) is 60.7 Å². The maximum atomic E-state index is 8.49. The molecule has 1 aromatic heterocycles. The van der Waals surface area contributed by atoms with E-state index in [1.807, 2.05) is 42.5 Å². The van der Waals surface area contributed by atoms with Crippen LogP contribution in [0.25, 0.3) is 33.4 Å². The SMILES string of the molecule is [O-][Cl+3]([O-])([O-])[O-].c1ccc(-c2cc3ccccc3[o+]c2-c2ccccc2)cc1. The first-order chi connectivity index (χ1) is 12.9. The Hall–Kier alpha value is -2.80. The second kappa shape index (κ2) is 8.26. The van der Waals surface area contributed by atoms with Crippen LogP contribution in [0.15, 0.2) is 95.4 Å². The number of hydrogen-bond acceptors (Lipinski definition) is 4. The summed E-state index contributed by atoms with van der Waals surface area (Å²) in [5.41, 5.74) is 4.27.